The summed E-state index contributed by atoms with van der Waals surface area (Å²) in [5.41, 5.74) is 5.21. The number of fused-ring (bicyclic) bond motifs is 1. The van der Waals surface area contributed by atoms with E-state index in [2.05, 4.69) is 72.3 Å². The molecule has 0 saturated heterocycles. The fourth-order valence-corrected chi connectivity index (χ4v) is 5.80. The van der Waals surface area contributed by atoms with Crippen molar-refractivity contribution in [2.45, 2.75) is 76.2 Å². The average Bonchev–Trinajstić information content (AvgIpc) is 3.02. The van der Waals surface area contributed by atoms with Crippen LogP contribution < -0.4 is 19.7 Å². The maximum Gasteiger partial charge on any atom is 0.246 e. The summed E-state index contributed by atoms with van der Waals surface area (Å²) in [6, 6.07) is 12.7. The van der Waals surface area contributed by atoms with Crippen LogP contribution in [0.3, 0.4) is 0 Å². The van der Waals surface area contributed by atoms with E-state index in [1.807, 2.05) is 19.1 Å². The van der Waals surface area contributed by atoms with Crippen molar-refractivity contribution in [3.05, 3.63) is 65.2 Å². The third kappa shape index (κ3) is 7.55. The van der Waals surface area contributed by atoms with Gasteiger partial charge in [-0.15, -0.1) is 0 Å². The van der Waals surface area contributed by atoms with Crippen LogP contribution in [0, 0.1) is 12.8 Å². The second-order valence-corrected chi connectivity index (χ2v) is 11.6. The van der Waals surface area contributed by atoms with Crippen molar-refractivity contribution in [2.24, 2.45) is 5.92 Å². The summed E-state index contributed by atoms with van der Waals surface area (Å²) in [6.45, 7) is 8.58. The molecule has 2 N–H and O–H groups in total. The number of allylic oxidation sites excluding steroid dienone is 1. The summed E-state index contributed by atoms with van der Waals surface area (Å²) >= 11 is 1.36. The Morgan fingerprint density at radius 3 is 2.81 bits per heavy atom. The molecule has 2 aromatic rings. The number of carbonyl (C=O) groups excluding carboxylic acids is 1. The minimum Gasteiger partial charge on any atom is -0.491 e. The van der Waals surface area contributed by atoms with Crippen molar-refractivity contribution in [3.8, 4) is 5.75 Å². The van der Waals surface area contributed by atoms with E-state index in [1.165, 1.54) is 54.3 Å². The van der Waals surface area contributed by atoms with Gasteiger partial charge >= 0.3 is 0 Å². The van der Waals surface area contributed by atoms with Gasteiger partial charge in [-0.3, -0.25) is 9.52 Å². The van der Waals surface area contributed by atoms with Gasteiger partial charge in [0, 0.05) is 31.0 Å². The highest BCUT2D eigenvalue weighted by atomic mass is 32.2. The normalized spacial score (nSPS) is 18.6. The standard InChI is InChI=1S/C31H43N3O2S/c1-5-9-25-18-22(2)13-15-28(25)26-20-34(4)29-19-27(14-16-30(29)36-21-26)37-33-31(35)23(3)32-17-7-6-10-24-11-8-12-24/h6-7,13-16,18-19,23-24,26,32H,5,8-12,17,20-21H2,1-4H3,(H,33,35)/b7-6+. The van der Waals surface area contributed by atoms with Gasteiger partial charge in [-0.1, -0.05) is 68.5 Å². The van der Waals surface area contributed by atoms with Crippen molar-refractivity contribution < 1.29 is 9.53 Å². The number of ether oxygens (including phenoxy) is 1. The van der Waals surface area contributed by atoms with Crippen molar-refractivity contribution in [3.63, 3.8) is 0 Å². The average molecular weight is 522 g/mol. The Bertz CT molecular complexity index is 1080. The molecule has 2 unspecified atom stereocenters. The Kier molecular flexibility index (Phi) is 9.98. The molecule has 5 nitrogen and oxygen atoms in total. The smallest absolute Gasteiger partial charge is 0.246 e. The van der Waals surface area contributed by atoms with Gasteiger partial charge in [0.15, 0.2) is 0 Å². The number of hydrogen-bond acceptors (Lipinski definition) is 5. The second-order valence-electron chi connectivity index (χ2n) is 10.7. The minimum absolute atomic E-state index is 0.0140. The van der Waals surface area contributed by atoms with Gasteiger partial charge in [-0.2, -0.15) is 0 Å². The zero-order valence-corrected chi connectivity index (χ0v) is 23.7. The van der Waals surface area contributed by atoms with Crippen LogP contribution in [0.25, 0.3) is 0 Å². The summed E-state index contributed by atoms with van der Waals surface area (Å²) in [6.07, 6.45) is 11.9. The van der Waals surface area contributed by atoms with Gasteiger partial charge < -0.3 is 15.0 Å². The zero-order chi connectivity index (χ0) is 26.2. The molecule has 1 aliphatic heterocycles. The molecule has 0 bridgehead atoms. The molecule has 200 valence electrons. The molecular formula is C31H43N3O2S. The molecule has 1 fully saturated rings. The van der Waals surface area contributed by atoms with Gasteiger partial charge in [-0.05, 0) is 73.9 Å². The Balaban J connectivity index is 1.31. The molecular weight excluding hydrogens is 478 g/mol. The Morgan fingerprint density at radius 2 is 2.05 bits per heavy atom. The first kappa shape index (κ1) is 27.6. The van der Waals surface area contributed by atoms with Crippen LogP contribution >= 0.6 is 11.9 Å². The van der Waals surface area contributed by atoms with E-state index in [9.17, 15) is 4.79 Å². The first-order chi connectivity index (χ1) is 17.9. The number of nitrogens with one attached hydrogen (secondary N) is 2. The van der Waals surface area contributed by atoms with Crippen molar-refractivity contribution in [2.75, 3.05) is 31.6 Å². The first-order valence-electron chi connectivity index (χ1n) is 13.9. The van der Waals surface area contributed by atoms with Crippen molar-refractivity contribution >= 4 is 23.5 Å². The largest absolute Gasteiger partial charge is 0.491 e. The Hall–Kier alpha value is -2.44. The Labute approximate surface area is 227 Å². The van der Waals surface area contributed by atoms with Crippen LogP contribution in [-0.4, -0.2) is 38.7 Å². The molecule has 1 saturated carbocycles. The fourth-order valence-electron chi connectivity index (χ4n) is 5.10. The minimum atomic E-state index is -0.250. The van der Waals surface area contributed by atoms with E-state index in [-0.39, 0.29) is 11.9 Å². The number of amides is 1. The second kappa shape index (κ2) is 13.4. The molecule has 0 aromatic heterocycles. The lowest BCUT2D eigenvalue weighted by molar-refractivity contribution is -0.120. The maximum atomic E-state index is 12.6. The van der Waals surface area contributed by atoms with E-state index in [0.717, 1.165) is 48.2 Å². The van der Waals surface area contributed by atoms with E-state index in [0.29, 0.717) is 12.5 Å². The molecule has 0 spiro atoms. The van der Waals surface area contributed by atoms with E-state index in [1.54, 1.807) is 0 Å². The lowest BCUT2D eigenvalue weighted by Crippen LogP contribution is -2.39. The number of likely N-dealkylation sites (N-methyl/N-ethyl adjacent to an activating group) is 1. The summed E-state index contributed by atoms with van der Waals surface area (Å²) in [7, 11) is 2.13. The van der Waals surface area contributed by atoms with Gasteiger partial charge in [0.05, 0.1) is 18.3 Å². The fraction of sp³-hybridized carbons (Fsp3) is 0.516. The first-order valence-corrected chi connectivity index (χ1v) is 14.7. The number of benzene rings is 2. The molecule has 6 heteroatoms. The van der Waals surface area contributed by atoms with E-state index < -0.39 is 0 Å². The van der Waals surface area contributed by atoms with Crippen LogP contribution in [0.5, 0.6) is 5.75 Å². The van der Waals surface area contributed by atoms with Crippen LogP contribution in [0.4, 0.5) is 5.69 Å². The van der Waals surface area contributed by atoms with Crippen LogP contribution in [0.15, 0.2) is 53.4 Å². The maximum absolute atomic E-state index is 12.6. The predicted octanol–water partition coefficient (Wildman–Crippen LogP) is 6.41. The number of aryl methyl sites for hydroxylation is 2. The van der Waals surface area contributed by atoms with E-state index in [4.69, 9.17) is 4.74 Å². The highest BCUT2D eigenvalue weighted by Gasteiger charge is 2.24. The molecule has 4 rings (SSSR count). The summed E-state index contributed by atoms with van der Waals surface area (Å²) in [5.74, 6) is 2.07. The third-order valence-corrected chi connectivity index (χ3v) is 8.39. The predicted molar refractivity (Wildman–Crippen MR) is 156 cm³/mol. The Morgan fingerprint density at radius 1 is 1.22 bits per heavy atom. The summed E-state index contributed by atoms with van der Waals surface area (Å²) < 4.78 is 9.31. The number of nitrogens with zero attached hydrogens (tertiary/aromatic N) is 1. The van der Waals surface area contributed by atoms with Gasteiger partial charge in [0.1, 0.15) is 5.75 Å². The monoisotopic (exact) mass is 521 g/mol. The number of rotatable bonds is 11. The molecule has 1 heterocycles. The lowest BCUT2D eigenvalue weighted by Gasteiger charge is -2.24. The third-order valence-electron chi connectivity index (χ3n) is 7.60. The summed E-state index contributed by atoms with van der Waals surface area (Å²) in [4.78, 5) is 15.9. The number of carbonyl (C=O) groups is 1. The van der Waals surface area contributed by atoms with Gasteiger partial charge in [-0.25, -0.2) is 0 Å². The molecule has 1 aliphatic carbocycles. The SMILES string of the molecule is CCCc1cc(C)ccc1C1COc2ccc(SNC(=O)C(C)NC/C=C/CC3CCC3)cc2N(C)C1. The molecule has 37 heavy (non-hydrogen) atoms. The highest BCUT2D eigenvalue weighted by Crippen LogP contribution is 2.37. The van der Waals surface area contributed by atoms with Crippen LogP contribution in [-0.2, 0) is 11.2 Å². The molecule has 2 aromatic carbocycles. The van der Waals surface area contributed by atoms with Gasteiger partial charge in [0.2, 0.25) is 5.91 Å². The van der Waals surface area contributed by atoms with Crippen molar-refractivity contribution in [1.29, 1.82) is 0 Å². The number of hydrogen-bond donors (Lipinski definition) is 2. The molecule has 0 radical (unpaired) electrons. The molecule has 1 amide bonds. The van der Waals surface area contributed by atoms with Crippen molar-refractivity contribution in [1.82, 2.24) is 10.0 Å². The highest BCUT2D eigenvalue weighted by molar-refractivity contribution is 7.98. The van der Waals surface area contributed by atoms with Crippen LogP contribution in [0.2, 0.25) is 0 Å². The van der Waals surface area contributed by atoms with Crippen LogP contribution in [0.1, 0.15) is 68.6 Å². The van der Waals surface area contributed by atoms with Gasteiger partial charge in [0.25, 0.3) is 0 Å². The molecule has 2 aliphatic rings. The summed E-state index contributed by atoms with van der Waals surface area (Å²) in [5, 5.41) is 3.29. The van der Waals surface area contributed by atoms with E-state index >= 15 is 0 Å². The quantitative estimate of drug-likeness (QED) is 0.264. The molecule has 2 atom stereocenters. The lowest BCUT2D eigenvalue weighted by atomic mass is 9.83. The zero-order valence-electron chi connectivity index (χ0n) is 22.9. The number of anilines is 1. The topological polar surface area (TPSA) is 53.6 Å².